The number of hydrogen-bond acceptors (Lipinski definition) is 1. The summed E-state index contributed by atoms with van der Waals surface area (Å²) >= 11 is 0. The summed E-state index contributed by atoms with van der Waals surface area (Å²) in [6.07, 6.45) is 4.98. The Kier molecular flexibility index (Phi) is 4.43. The fourth-order valence-corrected chi connectivity index (χ4v) is 2.84. The molecule has 0 aromatic rings. The summed E-state index contributed by atoms with van der Waals surface area (Å²) in [5.41, 5.74) is 0. The largest absolute Gasteiger partial charge is 0.393 e. The molecule has 1 N–H and O–H groups in total. The minimum atomic E-state index is -0.125. The van der Waals surface area contributed by atoms with Gasteiger partial charge in [0.05, 0.1) is 6.10 Å². The monoisotopic (exact) mass is 198 g/mol. The Balaban J connectivity index is 2.38. The Morgan fingerprint density at radius 1 is 1.14 bits per heavy atom. The van der Waals surface area contributed by atoms with Crippen molar-refractivity contribution in [2.75, 3.05) is 0 Å². The molecule has 14 heavy (non-hydrogen) atoms. The average molecular weight is 198 g/mol. The molecule has 84 valence electrons. The average Bonchev–Trinajstić information content (AvgIpc) is 2.08. The smallest absolute Gasteiger partial charge is 0.0514 e. The van der Waals surface area contributed by atoms with Gasteiger partial charge in [-0.25, -0.2) is 0 Å². The molecule has 0 radical (unpaired) electrons. The summed E-state index contributed by atoms with van der Waals surface area (Å²) in [6.45, 7) is 8.97. The molecule has 0 heterocycles. The molecule has 5 atom stereocenters. The Hall–Kier alpha value is -0.0400. The van der Waals surface area contributed by atoms with E-state index in [-0.39, 0.29) is 6.10 Å². The van der Waals surface area contributed by atoms with Crippen molar-refractivity contribution in [1.29, 1.82) is 0 Å². The lowest BCUT2D eigenvalue weighted by atomic mass is 9.70. The second-order valence-corrected chi connectivity index (χ2v) is 5.59. The molecule has 0 aromatic heterocycles. The molecule has 0 aromatic carbocycles. The van der Waals surface area contributed by atoms with Gasteiger partial charge in [0.1, 0.15) is 0 Å². The van der Waals surface area contributed by atoms with Gasteiger partial charge in [0.15, 0.2) is 0 Å². The highest BCUT2D eigenvalue weighted by atomic mass is 16.3. The summed E-state index contributed by atoms with van der Waals surface area (Å²) in [5, 5.41) is 9.37. The normalized spacial score (nSPS) is 37.9. The third kappa shape index (κ3) is 3.27. The number of aliphatic hydroxyl groups excluding tert-OH is 1. The lowest BCUT2D eigenvalue weighted by Crippen LogP contribution is -2.26. The van der Waals surface area contributed by atoms with Crippen LogP contribution in [-0.4, -0.2) is 11.2 Å². The van der Waals surface area contributed by atoms with Crippen LogP contribution in [0.25, 0.3) is 0 Å². The molecule has 0 amide bonds. The Labute approximate surface area is 88.9 Å². The molecule has 1 nitrogen and oxygen atoms in total. The fraction of sp³-hybridized carbons (Fsp3) is 1.00. The van der Waals surface area contributed by atoms with Gasteiger partial charge < -0.3 is 5.11 Å². The highest BCUT2D eigenvalue weighted by molar-refractivity contribution is 4.79. The highest BCUT2D eigenvalue weighted by Gasteiger charge is 2.28. The molecule has 1 rings (SSSR count). The van der Waals surface area contributed by atoms with Crippen LogP contribution in [-0.2, 0) is 0 Å². The molecule has 0 spiro atoms. The molecule has 5 unspecified atom stereocenters. The molecular formula is C13H26O. The minimum absolute atomic E-state index is 0.125. The predicted molar refractivity (Wildman–Crippen MR) is 61.1 cm³/mol. The maximum absolute atomic E-state index is 9.37. The molecule has 1 aliphatic rings. The van der Waals surface area contributed by atoms with Crippen molar-refractivity contribution >= 4 is 0 Å². The van der Waals surface area contributed by atoms with Crippen LogP contribution in [0.3, 0.4) is 0 Å². The van der Waals surface area contributed by atoms with E-state index < -0.39 is 0 Å². The Morgan fingerprint density at radius 2 is 1.79 bits per heavy atom. The van der Waals surface area contributed by atoms with E-state index in [4.69, 9.17) is 0 Å². The van der Waals surface area contributed by atoms with Gasteiger partial charge in [-0.3, -0.25) is 0 Å². The van der Waals surface area contributed by atoms with Gasteiger partial charge in [0, 0.05) is 0 Å². The Morgan fingerprint density at radius 3 is 2.29 bits per heavy atom. The Bertz CT molecular complexity index is 165. The SMILES string of the molecule is CC(O)CC(C)C1CCC(C)C(C)C1. The second kappa shape index (κ2) is 5.16. The van der Waals surface area contributed by atoms with Crippen molar-refractivity contribution < 1.29 is 5.11 Å². The van der Waals surface area contributed by atoms with Crippen molar-refractivity contribution in [2.45, 2.75) is 59.5 Å². The second-order valence-electron chi connectivity index (χ2n) is 5.59. The minimum Gasteiger partial charge on any atom is -0.393 e. The van der Waals surface area contributed by atoms with Crippen molar-refractivity contribution in [2.24, 2.45) is 23.7 Å². The van der Waals surface area contributed by atoms with E-state index >= 15 is 0 Å². The van der Waals surface area contributed by atoms with Crippen LogP contribution in [0.5, 0.6) is 0 Å². The quantitative estimate of drug-likeness (QED) is 0.736. The zero-order chi connectivity index (χ0) is 10.7. The van der Waals surface area contributed by atoms with E-state index in [1.54, 1.807) is 0 Å². The number of rotatable bonds is 3. The first-order chi connectivity index (χ1) is 6.50. The maximum Gasteiger partial charge on any atom is 0.0514 e. The lowest BCUT2D eigenvalue weighted by molar-refractivity contribution is 0.109. The van der Waals surface area contributed by atoms with Crippen LogP contribution in [0.4, 0.5) is 0 Å². The van der Waals surface area contributed by atoms with E-state index in [1.165, 1.54) is 19.3 Å². The van der Waals surface area contributed by atoms with Crippen molar-refractivity contribution in [3.05, 3.63) is 0 Å². The van der Waals surface area contributed by atoms with Crippen molar-refractivity contribution in [3.8, 4) is 0 Å². The van der Waals surface area contributed by atoms with Crippen LogP contribution >= 0.6 is 0 Å². The first kappa shape index (κ1) is 12.0. The first-order valence-corrected chi connectivity index (χ1v) is 6.18. The number of aliphatic hydroxyl groups is 1. The topological polar surface area (TPSA) is 20.2 Å². The summed E-state index contributed by atoms with van der Waals surface area (Å²) in [4.78, 5) is 0. The lowest BCUT2D eigenvalue weighted by Gasteiger charge is -2.35. The van der Waals surface area contributed by atoms with Gasteiger partial charge >= 0.3 is 0 Å². The van der Waals surface area contributed by atoms with Crippen LogP contribution in [0, 0.1) is 23.7 Å². The van der Waals surface area contributed by atoms with Gasteiger partial charge in [0.25, 0.3) is 0 Å². The highest BCUT2D eigenvalue weighted by Crippen LogP contribution is 2.38. The molecule has 0 saturated heterocycles. The predicted octanol–water partition coefficient (Wildman–Crippen LogP) is 3.47. The van der Waals surface area contributed by atoms with Crippen LogP contribution in [0.2, 0.25) is 0 Å². The van der Waals surface area contributed by atoms with Crippen molar-refractivity contribution in [1.82, 2.24) is 0 Å². The molecule has 1 fully saturated rings. The molecular weight excluding hydrogens is 172 g/mol. The molecule has 1 heteroatoms. The first-order valence-electron chi connectivity index (χ1n) is 6.18. The molecule has 1 aliphatic carbocycles. The van der Waals surface area contributed by atoms with E-state index in [0.29, 0.717) is 5.92 Å². The van der Waals surface area contributed by atoms with E-state index in [1.807, 2.05) is 6.92 Å². The molecule has 0 bridgehead atoms. The van der Waals surface area contributed by atoms with Crippen LogP contribution in [0.1, 0.15) is 53.4 Å². The number of hydrogen-bond donors (Lipinski definition) is 1. The summed E-state index contributed by atoms with van der Waals surface area (Å²) in [6, 6.07) is 0. The van der Waals surface area contributed by atoms with Gasteiger partial charge in [-0.05, 0) is 49.9 Å². The standard InChI is InChI=1S/C13H26O/c1-9-5-6-13(8-10(9)2)11(3)7-12(4)14/h9-14H,5-8H2,1-4H3. The van der Waals surface area contributed by atoms with E-state index in [9.17, 15) is 5.11 Å². The zero-order valence-corrected chi connectivity index (χ0v) is 10.2. The third-order valence-electron chi connectivity index (χ3n) is 4.16. The maximum atomic E-state index is 9.37. The van der Waals surface area contributed by atoms with Gasteiger partial charge in [0.2, 0.25) is 0 Å². The van der Waals surface area contributed by atoms with E-state index in [0.717, 1.165) is 24.2 Å². The summed E-state index contributed by atoms with van der Waals surface area (Å²) in [7, 11) is 0. The fourth-order valence-electron chi connectivity index (χ4n) is 2.84. The van der Waals surface area contributed by atoms with Crippen LogP contribution in [0.15, 0.2) is 0 Å². The van der Waals surface area contributed by atoms with Crippen molar-refractivity contribution in [3.63, 3.8) is 0 Å². The molecule has 0 aliphatic heterocycles. The van der Waals surface area contributed by atoms with Gasteiger partial charge in [-0.15, -0.1) is 0 Å². The van der Waals surface area contributed by atoms with Gasteiger partial charge in [-0.1, -0.05) is 27.2 Å². The summed E-state index contributed by atoms with van der Waals surface area (Å²) in [5.74, 6) is 3.34. The third-order valence-corrected chi connectivity index (χ3v) is 4.16. The van der Waals surface area contributed by atoms with Crippen LogP contribution < -0.4 is 0 Å². The summed E-state index contributed by atoms with van der Waals surface area (Å²) < 4.78 is 0. The molecule has 1 saturated carbocycles. The zero-order valence-electron chi connectivity index (χ0n) is 10.2. The van der Waals surface area contributed by atoms with Gasteiger partial charge in [-0.2, -0.15) is 0 Å². The van der Waals surface area contributed by atoms with E-state index in [2.05, 4.69) is 20.8 Å².